The van der Waals surface area contributed by atoms with Crippen molar-refractivity contribution in [2.24, 2.45) is 0 Å². The van der Waals surface area contributed by atoms with Crippen LogP contribution < -0.4 is 11.1 Å². The molecule has 0 aliphatic heterocycles. The van der Waals surface area contributed by atoms with Crippen LogP contribution in [0.3, 0.4) is 0 Å². The summed E-state index contributed by atoms with van der Waals surface area (Å²) in [5.41, 5.74) is 8.68. The lowest BCUT2D eigenvalue weighted by Crippen LogP contribution is -2.01. The van der Waals surface area contributed by atoms with Crippen LogP contribution in [0.4, 0.5) is 16.4 Å². The number of nitrogen functional groups attached to an aromatic ring is 1. The SMILES string of the molecule is Cc1cc(Cl)ccc1Nc1sc(C(=O)c2cc3cc(Cl)ccc3o2)c(N)c1C#N. The Bertz CT molecular complexity index is 1320. The number of halogens is 2. The molecule has 4 rings (SSSR count). The van der Waals surface area contributed by atoms with Gasteiger partial charge in [0, 0.05) is 21.1 Å². The van der Waals surface area contributed by atoms with Gasteiger partial charge in [0.05, 0.1) is 5.69 Å². The normalized spacial score (nSPS) is 10.8. The van der Waals surface area contributed by atoms with E-state index in [1.807, 2.05) is 6.92 Å². The predicted molar refractivity (Wildman–Crippen MR) is 118 cm³/mol. The molecule has 2 aromatic heterocycles. The number of furan rings is 1. The molecule has 2 aromatic carbocycles. The number of aryl methyl sites for hydroxylation is 1. The quantitative estimate of drug-likeness (QED) is 0.350. The van der Waals surface area contributed by atoms with E-state index < -0.39 is 5.78 Å². The highest BCUT2D eigenvalue weighted by Crippen LogP contribution is 2.39. The van der Waals surface area contributed by atoms with Gasteiger partial charge in [0.25, 0.3) is 0 Å². The third kappa shape index (κ3) is 3.56. The number of anilines is 3. The molecule has 0 fully saturated rings. The Morgan fingerprint density at radius 3 is 2.62 bits per heavy atom. The smallest absolute Gasteiger partial charge is 0.240 e. The lowest BCUT2D eigenvalue weighted by Gasteiger charge is -2.08. The van der Waals surface area contributed by atoms with Gasteiger partial charge in [0.2, 0.25) is 5.78 Å². The van der Waals surface area contributed by atoms with Crippen molar-refractivity contribution in [3.8, 4) is 6.07 Å². The molecule has 0 atom stereocenters. The third-order valence-corrected chi connectivity index (χ3v) is 5.99. The number of hydrogen-bond donors (Lipinski definition) is 2. The summed E-state index contributed by atoms with van der Waals surface area (Å²) in [4.78, 5) is 13.3. The van der Waals surface area contributed by atoms with E-state index in [1.165, 1.54) is 0 Å². The van der Waals surface area contributed by atoms with Crippen molar-refractivity contribution in [3.63, 3.8) is 0 Å². The number of carbonyl (C=O) groups excluding carboxylic acids is 1. The highest BCUT2D eigenvalue weighted by Gasteiger charge is 2.25. The molecule has 2 heterocycles. The second-order valence-electron chi connectivity index (χ2n) is 6.37. The van der Waals surface area contributed by atoms with Gasteiger partial charge >= 0.3 is 0 Å². The predicted octanol–water partition coefficient (Wildman–Crippen LogP) is 6.54. The average molecular weight is 442 g/mol. The van der Waals surface area contributed by atoms with E-state index in [2.05, 4.69) is 11.4 Å². The molecule has 0 unspecified atom stereocenters. The molecule has 8 heteroatoms. The summed E-state index contributed by atoms with van der Waals surface area (Å²) < 4.78 is 5.65. The molecule has 0 radical (unpaired) electrons. The van der Waals surface area contributed by atoms with Gasteiger partial charge in [-0.15, -0.1) is 11.3 Å². The van der Waals surface area contributed by atoms with Gasteiger partial charge in [-0.3, -0.25) is 4.79 Å². The molecule has 0 bridgehead atoms. The van der Waals surface area contributed by atoms with Crippen LogP contribution in [-0.2, 0) is 0 Å². The minimum absolute atomic E-state index is 0.120. The molecular formula is C21H13Cl2N3O2S. The Morgan fingerprint density at radius 1 is 1.17 bits per heavy atom. The van der Waals surface area contributed by atoms with Crippen molar-refractivity contribution in [1.82, 2.24) is 0 Å². The van der Waals surface area contributed by atoms with E-state index >= 15 is 0 Å². The van der Waals surface area contributed by atoms with Crippen molar-refractivity contribution in [1.29, 1.82) is 5.26 Å². The Morgan fingerprint density at radius 2 is 1.90 bits per heavy atom. The van der Waals surface area contributed by atoms with Crippen LogP contribution in [0.15, 0.2) is 46.9 Å². The number of nitrogens with two attached hydrogens (primary N) is 1. The van der Waals surface area contributed by atoms with Crippen molar-refractivity contribution in [2.45, 2.75) is 6.92 Å². The van der Waals surface area contributed by atoms with Crippen molar-refractivity contribution in [2.75, 3.05) is 11.1 Å². The first-order valence-corrected chi connectivity index (χ1v) is 10.0. The number of nitrogens with one attached hydrogen (secondary N) is 1. The summed E-state index contributed by atoms with van der Waals surface area (Å²) in [7, 11) is 0. The summed E-state index contributed by atoms with van der Waals surface area (Å²) in [6.07, 6.45) is 0. The second-order valence-corrected chi connectivity index (χ2v) is 8.26. The Hall–Kier alpha value is -2.98. The summed E-state index contributed by atoms with van der Waals surface area (Å²) >= 11 is 13.1. The number of nitrogens with zero attached hydrogens (tertiary/aromatic N) is 1. The highest BCUT2D eigenvalue weighted by atomic mass is 35.5. The first-order chi connectivity index (χ1) is 13.9. The van der Waals surface area contributed by atoms with Gasteiger partial charge in [0.15, 0.2) is 5.76 Å². The molecule has 0 spiro atoms. The largest absolute Gasteiger partial charge is 0.453 e. The molecule has 0 aliphatic carbocycles. The van der Waals surface area contributed by atoms with Gasteiger partial charge < -0.3 is 15.5 Å². The number of nitriles is 1. The second kappa shape index (κ2) is 7.45. The van der Waals surface area contributed by atoms with Crippen LogP contribution in [-0.4, -0.2) is 5.78 Å². The zero-order valence-electron chi connectivity index (χ0n) is 15.0. The van der Waals surface area contributed by atoms with Crippen LogP contribution >= 0.6 is 34.5 Å². The van der Waals surface area contributed by atoms with Gasteiger partial charge in [0.1, 0.15) is 27.1 Å². The standard InChI is InChI=1S/C21H13Cl2N3O2S/c1-10-6-12(22)2-4-15(10)26-21-14(9-24)18(25)20(29-21)19(27)17-8-11-7-13(23)3-5-16(11)28-17/h2-8,26H,25H2,1H3. The first-order valence-electron chi connectivity index (χ1n) is 8.46. The fourth-order valence-corrected chi connectivity index (χ4v) is 4.37. The fourth-order valence-electron chi connectivity index (χ4n) is 2.94. The van der Waals surface area contributed by atoms with Crippen LogP contribution in [0.25, 0.3) is 11.0 Å². The van der Waals surface area contributed by atoms with E-state index in [4.69, 9.17) is 33.4 Å². The molecule has 144 valence electrons. The maximum atomic E-state index is 13.0. The molecule has 4 aromatic rings. The average Bonchev–Trinajstić information content (AvgIpc) is 3.23. The zero-order valence-corrected chi connectivity index (χ0v) is 17.4. The van der Waals surface area contributed by atoms with E-state index in [0.29, 0.717) is 26.0 Å². The van der Waals surface area contributed by atoms with E-state index in [9.17, 15) is 10.1 Å². The first kappa shape index (κ1) is 19.3. The minimum Gasteiger partial charge on any atom is -0.453 e. The molecular weight excluding hydrogens is 429 g/mol. The molecule has 29 heavy (non-hydrogen) atoms. The van der Waals surface area contributed by atoms with Crippen molar-refractivity contribution >= 4 is 67.7 Å². The van der Waals surface area contributed by atoms with Crippen molar-refractivity contribution in [3.05, 3.63) is 74.3 Å². The monoisotopic (exact) mass is 441 g/mol. The van der Waals surface area contributed by atoms with Crippen molar-refractivity contribution < 1.29 is 9.21 Å². The number of benzene rings is 2. The van der Waals surface area contributed by atoms with Gasteiger partial charge in [-0.2, -0.15) is 5.26 Å². The van der Waals surface area contributed by atoms with Crippen LogP contribution in [0.2, 0.25) is 10.0 Å². The Kier molecular flexibility index (Phi) is 4.97. The van der Waals surface area contributed by atoms with Gasteiger partial charge in [-0.1, -0.05) is 23.2 Å². The lowest BCUT2D eigenvalue weighted by molar-refractivity contribution is 0.102. The highest BCUT2D eigenvalue weighted by molar-refractivity contribution is 7.19. The van der Waals surface area contributed by atoms with Crippen LogP contribution in [0.5, 0.6) is 0 Å². The molecule has 3 N–H and O–H groups in total. The Labute approximate surface area is 180 Å². The van der Waals surface area contributed by atoms with E-state index in [-0.39, 0.29) is 21.9 Å². The molecule has 0 amide bonds. The number of ketones is 1. The molecule has 0 aliphatic rings. The molecule has 0 saturated heterocycles. The third-order valence-electron chi connectivity index (χ3n) is 4.40. The Balaban J connectivity index is 1.74. The summed E-state index contributed by atoms with van der Waals surface area (Å²) in [6.45, 7) is 1.89. The van der Waals surface area contributed by atoms with Gasteiger partial charge in [-0.25, -0.2) is 0 Å². The van der Waals surface area contributed by atoms with Gasteiger partial charge in [-0.05, 0) is 55.0 Å². The fraction of sp³-hybridized carbons (Fsp3) is 0.0476. The summed E-state index contributed by atoms with van der Waals surface area (Å²) in [5.74, 6) is -0.258. The van der Waals surface area contributed by atoms with E-state index in [1.54, 1.807) is 42.5 Å². The number of fused-ring (bicyclic) bond motifs is 1. The van der Waals surface area contributed by atoms with E-state index in [0.717, 1.165) is 22.6 Å². The zero-order chi connectivity index (χ0) is 20.7. The topological polar surface area (TPSA) is 92.1 Å². The summed E-state index contributed by atoms with van der Waals surface area (Å²) in [6, 6.07) is 14.1. The van der Waals surface area contributed by atoms with Crippen LogP contribution in [0, 0.1) is 18.3 Å². The number of rotatable bonds is 4. The lowest BCUT2D eigenvalue weighted by atomic mass is 10.1. The summed E-state index contributed by atoms with van der Waals surface area (Å²) in [5, 5.41) is 15.1. The minimum atomic E-state index is -0.391. The maximum absolute atomic E-state index is 13.0. The number of thiophene rings is 1. The van der Waals surface area contributed by atoms with Crippen LogP contribution in [0.1, 0.15) is 26.6 Å². The number of hydrogen-bond acceptors (Lipinski definition) is 6. The molecule has 5 nitrogen and oxygen atoms in total. The molecule has 0 saturated carbocycles. The number of carbonyl (C=O) groups is 1. The maximum Gasteiger partial charge on any atom is 0.240 e.